The molecule has 0 aromatic carbocycles. The SMILES string of the molecule is CC1(C=O)CCCCC1.CC1([C@H](N)C(=O)O)CCCCC1.Cl. The monoisotopic (exact) mass is 333 g/mol. The number of hydrogen-bond donors (Lipinski definition) is 2. The molecule has 2 aliphatic rings. The van der Waals surface area contributed by atoms with Crippen molar-refractivity contribution in [2.45, 2.75) is 84.1 Å². The first-order chi connectivity index (χ1) is 9.83. The molecule has 130 valence electrons. The molecular formula is C17H32ClNO3. The largest absolute Gasteiger partial charge is 0.480 e. The lowest BCUT2D eigenvalue weighted by Crippen LogP contribution is -2.46. The summed E-state index contributed by atoms with van der Waals surface area (Å²) in [5, 5.41) is 8.77. The number of carbonyl (C=O) groups is 2. The molecule has 0 aromatic heterocycles. The highest BCUT2D eigenvalue weighted by Gasteiger charge is 2.37. The Morgan fingerprint density at radius 2 is 1.41 bits per heavy atom. The third-order valence-corrected chi connectivity index (χ3v) is 5.29. The van der Waals surface area contributed by atoms with Crippen molar-refractivity contribution in [2.75, 3.05) is 0 Å². The van der Waals surface area contributed by atoms with Gasteiger partial charge in [-0.2, -0.15) is 0 Å². The molecule has 0 aliphatic heterocycles. The zero-order valence-electron chi connectivity index (χ0n) is 14.0. The molecule has 5 heteroatoms. The van der Waals surface area contributed by atoms with Crippen molar-refractivity contribution < 1.29 is 14.7 Å². The first-order valence-electron chi connectivity index (χ1n) is 8.28. The maximum Gasteiger partial charge on any atom is 0.321 e. The van der Waals surface area contributed by atoms with Crippen LogP contribution in [0.15, 0.2) is 0 Å². The molecule has 4 nitrogen and oxygen atoms in total. The summed E-state index contributed by atoms with van der Waals surface area (Å²) in [6.45, 7) is 4.06. The molecule has 2 rings (SSSR count). The summed E-state index contributed by atoms with van der Waals surface area (Å²) in [6.07, 6.45) is 12.5. The van der Waals surface area contributed by atoms with Crippen molar-refractivity contribution in [3.8, 4) is 0 Å². The van der Waals surface area contributed by atoms with Crippen molar-refractivity contribution in [3.05, 3.63) is 0 Å². The van der Waals surface area contributed by atoms with Gasteiger partial charge in [-0.25, -0.2) is 0 Å². The number of aldehydes is 1. The molecule has 0 aromatic rings. The number of aliphatic carboxylic acids is 1. The van der Waals surface area contributed by atoms with Gasteiger partial charge in [-0.3, -0.25) is 4.79 Å². The van der Waals surface area contributed by atoms with Crippen LogP contribution in [0.25, 0.3) is 0 Å². The smallest absolute Gasteiger partial charge is 0.321 e. The highest BCUT2D eigenvalue weighted by Crippen LogP contribution is 2.38. The first kappa shape index (κ1) is 21.4. The molecule has 0 saturated heterocycles. The van der Waals surface area contributed by atoms with Crippen LogP contribution < -0.4 is 5.73 Å². The van der Waals surface area contributed by atoms with Crippen LogP contribution in [-0.2, 0) is 9.59 Å². The Labute approximate surface area is 140 Å². The van der Waals surface area contributed by atoms with Crippen molar-refractivity contribution in [1.82, 2.24) is 0 Å². The van der Waals surface area contributed by atoms with Crippen LogP contribution in [-0.4, -0.2) is 23.4 Å². The summed E-state index contributed by atoms with van der Waals surface area (Å²) in [6, 6.07) is -0.683. The van der Waals surface area contributed by atoms with E-state index in [1.807, 2.05) is 6.92 Å². The van der Waals surface area contributed by atoms with E-state index in [4.69, 9.17) is 10.8 Å². The average molecular weight is 334 g/mol. The van der Waals surface area contributed by atoms with Crippen molar-refractivity contribution in [2.24, 2.45) is 16.6 Å². The van der Waals surface area contributed by atoms with Crippen molar-refractivity contribution >= 4 is 24.7 Å². The van der Waals surface area contributed by atoms with E-state index in [9.17, 15) is 9.59 Å². The minimum absolute atomic E-state index is 0. The average Bonchev–Trinajstić information content (AvgIpc) is 2.48. The zero-order chi connectivity index (χ0) is 15.9. The Balaban J connectivity index is 0.000000397. The third kappa shape index (κ3) is 6.25. The van der Waals surface area contributed by atoms with E-state index in [2.05, 4.69) is 6.92 Å². The Morgan fingerprint density at radius 1 is 1.00 bits per heavy atom. The van der Waals surface area contributed by atoms with Gasteiger partial charge in [0.2, 0.25) is 0 Å². The molecule has 0 unspecified atom stereocenters. The van der Waals surface area contributed by atoms with Gasteiger partial charge >= 0.3 is 5.97 Å². The number of carbonyl (C=O) groups excluding carboxylic acids is 1. The second-order valence-corrected chi connectivity index (χ2v) is 7.36. The molecule has 3 N–H and O–H groups in total. The van der Waals surface area contributed by atoms with Gasteiger partial charge in [-0.1, -0.05) is 52.4 Å². The number of halogens is 1. The molecule has 2 fully saturated rings. The summed E-state index contributed by atoms with van der Waals surface area (Å²) >= 11 is 0. The number of nitrogens with two attached hydrogens (primary N) is 1. The van der Waals surface area contributed by atoms with Crippen LogP contribution in [0.1, 0.15) is 78.1 Å². The molecule has 22 heavy (non-hydrogen) atoms. The normalized spacial score (nSPS) is 24.0. The highest BCUT2D eigenvalue weighted by atomic mass is 35.5. The quantitative estimate of drug-likeness (QED) is 0.766. The van der Waals surface area contributed by atoms with E-state index in [0.717, 1.165) is 44.8 Å². The van der Waals surface area contributed by atoms with Gasteiger partial charge in [0, 0.05) is 5.41 Å². The predicted molar refractivity (Wildman–Crippen MR) is 91.3 cm³/mol. The van der Waals surface area contributed by atoms with Gasteiger partial charge in [0.15, 0.2) is 0 Å². The Kier molecular flexibility index (Phi) is 9.25. The van der Waals surface area contributed by atoms with Crippen LogP contribution >= 0.6 is 12.4 Å². The van der Waals surface area contributed by atoms with Gasteiger partial charge in [0.1, 0.15) is 12.3 Å². The fourth-order valence-electron chi connectivity index (χ4n) is 3.45. The summed E-state index contributed by atoms with van der Waals surface area (Å²) < 4.78 is 0. The fourth-order valence-corrected chi connectivity index (χ4v) is 3.45. The van der Waals surface area contributed by atoms with E-state index in [1.165, 1.54) is 25.7 Å². The zero-order valence-corrected chi connectivity index (χ0v) is 14.8. The predicted octanol–water partition coefficient (Wildman–Crippen LogP) is 3.95. The number of rotatable bonds is 3. The minimum Gasteiger partial charge on any atom is -0.480 e. The van der Waals surface area contributed by atoms with Crippen molar-refractivity contribution in [1.29, 1.82) is 0 Å². The molecule has 2 saturated carbocycles. The second kappa shape index (κ2) is 9.51. The topological polar surface area (TPSA) is 80.4 Å². The lowest BCUT2D eigenvalue weighted by atomic mass is 9.71. The van der Waals surface area contributed by atoms with Crippen LogP contribution in [0, 0.1) is 10.8 Å². The first-order valence-corrected chi connectivity index (χ1v) is 8.28. The number of hydrogen-bond acceptors (Lipinski definition) is 3. The Bertz CT molecular complexity index is 348. The fraction of sp³-hybridized carbons (Fsp3) is 0.882. The van der Waals surface area contributed by atoms with Crippen LogP contribution in [0.2, 0.25) is 0 Å². The molecule has 0 heterocycles. The molecule has 1 atom stereocenters. The molecule has 0 spiro atoms. The van der Waals surface area contributed by atoms with E-state index in [1.54, 1.807) is 0 Å². The molecular weight excluding hydrogens is 302 g/mol. The van der Waals surface area contributed by atoms with Gasteiger partial charge < -0.3 is 15.6 Å². The Hall–Kier alpha value is -0.610. The summed E-state index contributed by atoms with van der Waals surface area (Å²) in [7, 11) is 0. The summed E-state index contributed by atoms with van der Waals surface area (Å²) in [4.78, 5) is 21.2. The van der Waals surface area contributed by atoms with Crippen LogP contribution in [0.4, 0.5) is 0 Å². The maximum absolute atomic E-state index is 10.7. The van der Waals surface area contributed by atoms with Crippen LogP contribution in [0.3, 0.4) is 0 Å². The number of carboxylic acids is 1. The molecule has 0 radical (unpaired) electrons. The lowest BCUT2D eigenvalue weighted by molar-refractivity contribution is -0.142. The molecule has 2 aliphatic carbocycles. The second-order valence-electron chi connectivity index (χ2n) is 7.36. The standard InChI is InChI=1S/C9H17NO2.C8H14O.ClH/c1-9(7(10)8(11)12)5-3-2-4-6-9;1-8(7-9)5-3-2-4-6-8;/h7H,2-6,10H2,1H3,(H,11,12);7H,2-6H2,1H3;1H/t7-;;/m1../s1. The molecule has 0 amide bonds. The van der Waals surface area contributed by atoms with E-state index in [0.29, 0.717) is 0 Å². The number of carboxylic acid groups (broad SMARTS) is 1. The molecule has 0 bridgehead atoms. The van der Waals surface area contributed by atoms with E-state index in [-0.39, 0.29) is 23.2 Å². The lowest BCUT2D eigenvalue weighted by Gasteiger charge is -2.36. The van der Waals surface area contributed by atoms with Gasteiger partial charge in [-0.05, 0) is 31.1 Å². The van der Waals surface area contributed by atoms with Gasteiger partial charge in [0.25, 0.3) is 0 Å². The van der Waals surface area contributed by atoms with E-state index < -0.39 is 12.0 Å². The summed E-state index contributed by atoms with van der Waals surface area (Å²) in [5.74, 6) is -0.862. The Morgan fingerprint density at radius 3 is 1.73 bits per heavy atom. The minimum atomic E-state index is -0.862. The summed E-state index contributed by atoms with van der Waals surface area (Å²) in [5.41, 5.74) is 5.50. The van der Waals surface area contributed by atoms with Gasteiger partial charge in [0.05, 0.1) is 0 Å². The van der Waals surface area contributed by atoms with Gasteiger partial charge in [-0.15, -0.1) is 12.4 Å². The third-order valence-electron chi connectivity index (χ3n) is 5.29. The maximum atomic E-state index is 10.7. The van der Waals surface area contributed by atoms with Crippen molar-refractivity contribution in [3.63, 3.8) is 0 Å². The van der Waals surface area contributed by atoms with Crippen LogP contribution in [0.5, 0.6) is 0 Å². The van der Waals surface area contributed by atoms with E-state index >= 15 is 0 Å². The highest BCUT2D eigenvalue weighted by molar-refractivity contribution is 5.85.